The molecule has 1 aromatic carbocycles. The molecule has 0 saturated carbocycles. The van der Waals surface area contributed by atoms with Crippen LogP contribution >= 0.6 is 0 Å². The molecule has 0 radical (unpaired) electrons. The molecule has 0 aromatic heterocycles. The molecule has 6 nitrogen and oxygen atoms in total. The fraction of sp³-hybridized carbons (Fsp3) is 0.667. The second-order valence-corrected chi connectivity index (χ2v) is 9.63. The second kappa shape index (κ2) is 5.76. The molecule has 0 aliphatic carbocycles. The highest BCUT2D eigenvalue weighted by Gasteiger charge is 2.45. The van der Waals surface area contributed by atoms with Gasteiger partial charge in [0.15, 0.2) is 0 Å². The Hall–Kier alpha value is -1.02. The minimum atomic E-state index is 0. The molecule has 0 fully saturated rings. The SMILES string of the molecule is C[N+]1(C)Cc2c3c(c4c(c2C1)C[N+](C)(C)C4)C[N+](C)(C)C3.[OH-].[OH-].[OH-]. The molecule has 0 spiro atoms. The van der Waals surface area contributed by atoms with Gasteiger partial charge in [0.1, 0.15) is 39.3 Å². The largest absolute Gasteiger partial charge is 0.870 e. The molecular weight excluding hydrogens is 306 g/mol. The van der Waals surface area contributed by atoms with Gasteiger partial charge >= 0.3 is 0 Å². The number of quaternary nitrogens is 3. The van der Waals surface area contributed by atoms with Crippen LogP contribution in [0.5, 0.6) is 0 Å². The summed E-state index contributed by atoms with van der Waals surface area (Å²) in [5.74, 6) is 0. The van der Waals surface area contributed by atoms with Crippen molar-refractivity contribution >= 4 is 0 Å². The van der Waals surface area contributed by atoms with E-state index in [0.717, 1.165) is 13.4 Å². The van der Waals surface area contributed by atoms with Crippen molar-refractivity contribution in [2.45, 2.75) is 39.3 Å². The number of hydrogen-bond donors (Lipinski definition) is 0. The predicted octanol–water partition coefficient (Wildman–Crippen LogP) is 1.43. The molecule has 0 atom stereocenters. The molecule has 0 saturated heterocycles. The molecule has 3 aliphatic rings. The highest BCUT2D eigenvalue weighted by Crippen LogP contribution is 2.45. The molecule has 4 rings (SSSR count). The van der Waals surface area contributed by atoms with E-state index in [1.807, 2.05) is 0 Å². The topological polar surface area (TPSA) is 90.0 Å². The van der Waals surface area contributed by atoms with Crippen molar-refractivity contribution in [2.24, 2.45) is 0 Å². The zero-order valence-corrected chi connectivity index (χ0v) is 15.9. The van der Waals surface area contributed by atoms with E-state index in [1.54, 1.807) is 33.4 Å². The minimum absolute atomic E-state index is 0. The fourth-order valence-electron chi connectivity index (χ4n) is 4.97. The van der Waals surface area contributed by atoms with Crippen LogP contribution < -0.4 is 0 Å². The van der Waals surface area contributed by atoms with Crippen molar-refractivity contribution in [3.05, 3.63) is 33.4 Å². The summed E-state index contributed by atoms with van der Waals surface area (Å²) in [5, 5.41) is 0. The standard InChI is InChI=1S/C18H30N3.3H2O/c1-19(2)7-13-14(8-19)16-10-21(5,6)12-18(16)17-11-20(3,4)9-15(13)17;;;/h7-12H2,1-6H3;3*1H2/q+3;;;/p-3. The Kier molecular flexibility index (Phi) is 5.05. The highest BCUT2D eigenvalue weighted by atomic mass is 16.0. The molecule has 3 aliphatic heterocycles. The Morgan fingerprint density at radius 1 is 0.375 bits per heavy atom. The lowest BCUT2D eigenvalue weighted by Gasteiger charge is -2.23. The van der Waals surface area contributed by atoms with E-state index in [9.17, 15) is 0 Å². The first kappa shape index (κ1) is 21.0. The summed E-state index contributed by atoms with van der Waals surface area (Å²) >= 11 is 0. The lowest BCUT2D eigenvalue weighted by Crippen LogP contribution is -2.33. The summed E-state index contributed by atoms with van der Waals surface area (Å²) in [6.07, 6.45) is 0. The van der Waals surface area contributed by atoms with Gasteiger partial charge < -0.3 is 29.9 Å². The summed E-state index contributed by atoms with van der Waals surface area (Å²) in [4.78, 5) is 0. The van der Waals surface area contributed by atoms with E-state index >= 15 is 0 Å². The normalized spacial score (nSPS) is 23.2. The third kappa shape index (κ3) is 2.98. The number of nitrogens with zero attached hydrogens (tertiary/aromatic N) is 3. The molecular formula is C18H33N3O3. The monoisotopic (exact) mass is 339 g/mol. The smallest absolute Gasteiger partial charge is 0.105 e. The van der Waals surface area contributed by atoms with Crippen molar-refractivity contribution < 1.29 is 29.9 Å². The van der Waals surface area contributed by atoms with Crippen molar-refractivity contribution in [3.63, 3.8) is 0 Å². The molecule has 138 valence electrons. The van der Waals surface area contributed by atoms with E-state index in [0.29, 0.717) is 0 Å². The zero-order valence-electron chi connectivity index (χ0n) is 15.9. The average molecular weight is 339 g/mol. The van der Waals surface area contributed by atoms with Gasteiger partial charge in [-0.15, -0.1) is 0 Å². The van der Waals surface area contributed by atoms with E-state index in [1.165, 1.54) is 39.3 Å². The van der Waals surface area contributed by atoms with Crippen LogP contribution in [0.3, 0.4) is 0 Å². The maximum absolute atomic E-state index is 2.39. The van der Waals surface area contributed by atoms with Crippen LogP contribution in [0.25, 0.3) is 0 Å². The van der Waals surface area contributed by atoms with Gasteiger partial charge in [-0.25, -0.2) is 0 Å². The minimum Gasteiger partial charge on any atom is -0.870 e. The van der Waals surface area contributed by atoms with Crippen LogP contribution in [0.15, 0.2) is 0 Å². The summed E-state index contributed by atoms with van der Waals surface area (Å²) in [6.45, 7) is 7.41. The number of rotatable bonds is 0. The Labute approximate surface area is 145 Å². The van der Waals surface area contributed by atoms with Gasteiger partial charge in [-0.1, -0.05) is 0 Å². The van der Waals surface area contributed by atoms with Crippen molar-refractivity contribution in [1.29, 1.82) is 0 Å². The molecule has 3 N–H and O–H groups in total. The van der Waals surface area contributed by atoms with E-state index < -0.39 is 0 Å². The van der Waals surface area contributed by atoms with Crippen molar-refractivity contribution in [2.75, 3.05) is 42.3 Å². The van der Waals surface area contributed by atoms with E-state index in [2.05, 4.69) is 42.3 Å². The third-order valence-electron chi connectivity index (χ3n) is 5.70. The first-order valence-corrected chi connectivity index (χ1v) is 8.20. The van der Waals surface area contributed by atoms with Gasteiger partial charge in [-0.3, -0.25) is 0 Å². The van der Waals surface area contributed by atoms with Crippen molar-refractivity contribution in [3.8, 4) is 0 Å². The maximum atomic E-state index is 2.39. The molecule has 24 heavy (non-hydrogen) atoms. The predicted molar refractivity (Wildman–Crippen MR) is 90.8 cm³/mol. The quantitative estimate of drug-likeness (QED) is 0.670. The van der Waals surface area contributed by atoms with Crippen LogP contribution in [0.2, 0.25) is 0 Å². The Balaban J connectivity index is 0.000000960. The maximum Gasteiger partial charge on any atom is 0.105 e. The molecule has 6 heteroatoms. The zero-order chi connectivity index (χ0) is 15.2. The second-order valence-electron chi connectivity index (χ2n) is 9.63. The lowest BCUT2D eigenvalue weighted by atomic mass is 9.90. The Morgan fingerprint density at radius 2 is 0.500 bits per heavy atom. The molecule has 3 heterocycles. The van der Waals surface area contributed by atoms with Crippen LogP contribution in [-0.4, -0.2) is 72.2 Å². The number of fused-ring (bicyclic) bond motifs is 6. The number of hydrogen-bond acceptors (Lipinski definition) is 3. The lowest BCUT2D eigenvalue weighted by molar-refractivity contribution is -0.912. The van der Waals surface area contributed by atoms with E-state index in [4.69, 9.17) is 0 Å². The fourth-order valence-corrected chi connectivity index (χ4v) is 4.97. The van der Waals surface area contributed by atoms with Crippen LogP contribution in [-0.2, 0) is 39.3 Å². The van der Waals surface area contributed by atoms with Crippen LogP contribution in [0.1, 0.15) is 33.4 Å². The molecule has 1 aromatic rings. The van der Waals surface area contributed by atoms with Gasteiger partial charge in [-0.05, 0) is 0 Å². The highest BCUT2D eigenvalue weighted by molar-refractivity contribution is 5.54. The van der Waals surface area contributed by atoms with Gasteiger partial charge in [0.2, 0.25) is 0 Å². The Morgan fingerprint density at radius 3 is 0.625 bits per heavy atom. The Bertz CT molecular complexity index is 505. The van der Waals surface area contributed by atoms with Crippen LogP contribution in [0.4, 0.5) is 0 Å². The van der Waals surface area contributed by atoms with Crippen molar-refractivity contribution in [1.82, 2.24) is 0 Å². The summed E-state index contributed by atoms with van der Waals surface area (Å²) in [7, 11) is 14.3. The summed E-state index contributed by atoms with van der Waals surface area (Å²) in [6, 6.07) is 0. The van der Waals surface area contributed by atoms with Gasteiger partial charge in [0, 0.05) is 33.4 Å². The molecule has 0 amide bonds. The number of benzene rings is 1. The molecule has 0 unspecified atom stereocenters. The van der Waals surface area contributed by atoms with Crippen LogP contribution in [0, 0.1) is 0 Å². The molecule has 0 bridgehead atoms. The van der Waals surface area contributed by atoms with Gasteiger partial charge in [0.25, 0.3) is 0 Å². The first-order valence-electron chi connectivity index (χ1n) is 8.20. The summed E-state index contributed by atoms with van der Waals surface area (Å²) < 4.78 is 3.41. The first-order chi connectivity index (χ1) is 9.57. The van der Waals surface area contributed by atoms with Gasteiger partial charge in [-0.2, -0.15) is 0 Å². The average Bonchev–Trinajstić information content (AvgIpc) is 2.88. The third-order valence-corrected chi connectivity index (χ3v) is 5.70. The van der Waals surface area contributed by atoms with Gasteiger partial charge in [0.05, 0.1) is 42.3 Å². The summed E-state index contributed by atoms with van der Waals surface area (Å²) in [5.41, 5.74) is 10.3. The van der Waals surface area contributed by atoms with E-state index in [-0.39, 0.29) is 16.4 Å².